The van der Waals surface area contributed by atoms with Crippen molar-refractivity contribution in [1.82, 2.24) is 9.97 Å². The Morgan fingerprint density at radius 2 is 2.00 bits per heavy atom. The van der Waals surface area contributed by atoms with Crippen molar-refractivity contribution in [3.63, 3.8) is 0 Å². The van der Waals surface area contributed by atoms with Gasteiger partial charge in [-0.25, -0.2) is 4.98 Å². The third-order valence-electron chi connectivity index (χ3n) is 2.20. The zero-order chi connectivity index (χ0) is 12.8. The molecule has 0 amide bonds. The minimum absolute atomic E-state index is 0.533. The number of hydrogen-bond donors (Lipinski definition) is 1. The molecular weight excluding hydrogens is 294 g/mol. The summed E-state index contributed by atoms with van der Waals surface area (Å²) in [5, 5.41) is 3.12. The molecule has 0 fully saturated rings. The Bertz CT molecular complexity index is 502. The average molecular weight is 308 g/mol. The summed E-state index contributed by atoms with van der Waals surface area (Å²) in [7, 11) is 0. The summed E-state index contributed by atoms with van der Waals surface area (Å²) in [5.41, 5.74) is 0. The van der Waals surface area contributed by atoms with Gasteiger partial charge in [0.1, 0.15) is 5.75 Å². The first-order valence-corrected chi connectivity index (χ1v) is 6.57. The van der Waals surface area contributed by atoms with Crippen molar-refractivity contribution < 1.29 is 4.74 Å². The quantitative estimate of drug-likeness (QED) is 0.911. The SMILES string of the molecule is CCCNc1nccc(Oc2ccc(Br)cc2)n1. The fourth-order valence-corrected chi connectivity index (χ4v) is 1.61. The Hall–Kier alpha value is -1.62. The smallest absolute Gasteiger partial charge is 0.225 e. The molecule has 0 bridgehead atoms. The van der Waals surface area contributed by atoms with Gasteiger partial charge in [-0.1, -0.05) is 22.9 Å². The van der Waals surface area contributed by atoms with E-state index in [1.807, 2.05) is 24.3 Å². The number of halogens is 1. The van der Waals surface area contributed by atoms with E-state index in [2.05, 4.69) is 38.1 Å². The van der Waals surface area contributed by atoms with Gasteiger partial charge in [-0.2, -0.15) is 4.98 Å². The molecule has 2 aromatic rings. The summed E-state index contributed by atoms with van der Waals surface area (Å²) in [6.45, 7) is 2.94. The summed E-state index contributed by atoms with van der Waals surface area (Å²) < 4.78 is 6.66. The fraction of sp³-hybridized carbons (Fsp3) is 0.231. The van der Waals surface area contributed by atoms with E-state index in [4.69, 9.17) is 4.74 Å². The lowest BCUT2D eigenvalue weighted by atomic mass is 10.3. The van der Waals surface area contributed by atoms with Crippen LogP contribution in [-0.2, 0) is 0 Å². The fourth-order valence-electron chi connectivity index (χ4n) is 1.34. The standard InChI is InChI=1S/C13H14BrN3O/c1-2-8-15-13-16-9-7-12(17-13)18-11-5-3-10(14)4-6-11/h3-7,9H,2,8H2,1H3,(H,15,16,17). The van der Waals surface area contributed by atoms with Crippen LogP contribution < -0.4 is 10.1 Å². The normalized spacial score (nSPS) is 10.1. The molecule has 2 rings (SSSR count). The number of rotatable bonds is 5. The maximum atomic E-state index is 5.64. The second kappa shape index (κ2) is 6.35. The Labute approximate surface area is 115 Å². The zero-order valence-electron chi connectivity index (χ0n) is 10.1. The number of aromatic nitrogens is 2. The van der Waals surface area contributed by atoms with Gasteiger partial charge in [0.05, 0.1) is 0 Å². The maximum absolute atomic E-state index is 5.64. The first-order chi connectivity index (χ1) is 8.78. The molecule has 18 heavy (non-hydrogen) atoms. The van der Waals surface area contributed by atoms with Crippen LogP contribution in [0.1, 0.15) is 13.3 Å². The van der Waals surface area contributed by atoms with Crippen molar-refractivity contribution in [2.75, 3.05) is 11.9 Å². The maximum Gasteiger partial charge on any atom is 0.225 e. The Balaban J connectivity index is 2.06. The molecule has 1 heterocycles. The second-order valence-electron chi connectivity index (χ2n) is 3.70. The highest BCUT2D eigenvalue weighted by Gasteiger charge is 2.01. The number of nitrogens with zero attached hydrogens (tertiary/aromatic N) is 2. The number of anilines is 1. The van der Waals surface area contributed by atoms with Crippen molar-refractivity contribution in [3.8, 4) is 11.6 Å². The summed E-state index contributed by atoms with van der Waals surface area (Å²) in [4.78, 5) is 8.39. The van der Waals surface area contributed by atoms with E-state index < -0.39 is 0 Å². The van der Waals surface area contributed by atoms with Gasteiger partial charge in [-0.3, -0.25) is 0 Å². The van der Waals surface area contributed by atoms with Crippen LogP contribution in [0.3, 0.4) is 0 Å². The van der Waals surface area contributed by atoms with Crippen LogP contribution in [0.5, 0.6) is 11.6 Å². The van der Waals surface area contributed by atoms with Crippen LogP contribution in [0.25, 0.3) is 0 Å². The lowest BCUT2D eigenvalue weighted by Crippen LogP contribution is -2.04. The van der Waals surface area contributed by atoms with E-state index in [-0.39, 0.29) is 0 Å². The van der Waals surface area contributed by atoms with E-state index in [9.17, 15) is 0 Å². The average Bonchev–Trinajstić information content (AvgIpc) is 2.40. The first-order valence-electron chi connectivity index (χ1n) is 5.78. The van der Waals surface area contributed by atoms with Gasteiger partial charge in [-0.15, -0.1) is 0 Å². The summed E-state index contributed by atoms with van der Waals surface area (Å²) in [5.74, 6) is 1.87. The van der Waals surface area contributed by atoms with Crippen LogP contribution in [0.15, 0.2) is 41.0 Å². The summed E-state index contributed by atoms with van der Waals surface area (Å²) >= 11 is 3.38. The predicted octanol–water partition coefficient (Wildman–Crippen LogP) is 3.85. The molecule has 1 aromatic carbocycles. The molecule has 94 valence electrons. The van der Waals surface area contributed by atoms with E-state index >= 15 is 0 Å². The molecule has 0 atom stereocenters. The molecule has 5 heteroatoms. The molecule has 0 aliphatic rings. The topological polar surface area (TPSA) is 47.0 Å². The third-order valence-corrected chi connectivity index (χ3v) is 2.73. The first kappa shape index (κ1) is 12.8. The Morgan fingerprint density at radius 3 is 2.72 bits per heavy atom. The predicted molar refractivity (Wildman–Crippen MR) is 75.0 cm³/mol. The van der Waals surface area contributed by atoms with Crippen molar-refractivity contribution in [2.45, 2.75) is 13.3 Å². The van der Waals surface area contributed by atoms with Gasteiger partial charge < -0.3 is 10.1 Å². The van der Waals surface area contributed by atoms with Gasteiger partial charge >= 0.3 is 0 Å². The molecule has 0 saturated carbocycles. The van der Waals surface area contributed by atoms with Crippen LogP contribution >= 0.6 is 15.9 Å². The van der Waals surface area contributed by atoms with E-state index in [1.54, 1.807) is 12.3 Å². The number of hydrogen-bond acceptors (Lipinski definition) is 4. The number of nitrogens with one attached hydrogen (secondary N) is 1. The minimum Gasteiger partial charge on any atom is -0.439 e. The number of benzene rings is 1. The van der Waals surface area contributed by atoms with Gasteiger partial charge in [-0.05, 0) is 30.7 Å². The molecule has 0 radical (unpaired) electrons. The van der Waals surface area contributed by atoms with Crippen molar-refractivity contribution in [1.29, 1.82) is 0 Å². The molecule has 0 aliphatic heterocycles. The van der Waals surface area contributed by atoms with Crippen molar-refractivity contribution in [2.24, 2.45) is 0 Å². The van der Waals surface area contributed by atoms with Gasteiger partial charge in [0.2, 0.25) is 11.8 Å². The molecular formula is C13H14BrN3O. The second-order valence-corrected chi connectivity index (χ2v) is 4.62. The molecule has 0 unspecified atom stereocenters. The van der Waals surface area contributed by atoms with Crippen LogP contribution in [-0.4, -0.2) is 16.5 Å². The van der Waals surface area contributed by atoms with Gasteiger partial charge in [0.25, 0.3) is 0 Å². The monoisotopic (exact) mass is 307 g/mol. The van der Waals surface area contributed by atoms with Crippen LogP contribution in [0.2, 0.25) is 0 Å². The van der Waals surface area contributed by atoms with E-state index in [0.29, 0.717) is 11.8 Å². The Morgan fingerprint density at radius 1 is 1.22 bits per heavy atom. The molecule has 0 spiro atoms. The van der Waals surface area contributed by atoms with Gasteiger partial charge in [0, 0.05) is 23.3 Å². The van der Waals surface area contributed by atoms with E-state index in [0.717, 1.165) is 23.2 Å². The molecule has 0 aliphatic carbocycles. The van der Waals surface area contributed by atoms with Gasteiger partial charge in [0.15, 0.2) is 0 Å². The highest BCUT2D eigenvalue weighted by molar-refractivity contribution is 9.10. The number of ether oxygens (including phenoxy) is 1. The lowest BCUT2D eigenvalue weighted by Gasteiger charge is -2.07. The molecule has 1 N–H and O–H groups in total. The highest BCUT2D eigenvalue weighted by atomic mass is 79.9. The lowest BCUT2D eigenvalue weighted by molar-refractivity contribution is 0.462. The largest absolute Gasteiger partial charge is 0.439 e. The third kappa shape index (κ3) is 3.70. The highest BCUT2D eigenvalue weighted by Crippen LogP contribution is 2.21. The van der Waals surface area contributed by atoms with Crippen LogP contribution in [0, 0.1) is 0 Å². The van der Waals surface area contributed by atoms with Crippen molar-refractivity contribution >= 4 is 21.9 Å². The Kier molecular flexibility index (Phi) is 4.52. The molecule has 4 nitrogen and oxygen atoms in total. The van der Waals surface area contributed by atoms with Crippen LogP contribution in [0.4, 0.5) is 5.95 Å². The zero-order valence-corrected chi connectivity index (χ0v) is 11.6. The summed E-state index contributed by atoms with van der Waals surface area (Å²) in [6, 6.07) is 9.34. The molecule has 0 saturated heterocycles. The minimum atomic E-state index is 0.533. The van der Waals surface area contributed by atoms with Crippen molar-refractivity contribution in [3.05, 3.63) is 41.0 Å². The summed E-state index contributed by atoms with van der Waals surface area (Å²) in [6.07, 6.45) is 2.71. The van der Waals surface area contributed by atoms with E-state index in [1.165, 1.54) is 0 Å². The molecule has 1 aromatic heterocycles.